The van der Waals surface area contributed by atoms with Crippen LogP contribution in [0.3, 0.4) is 0 Å². The van der Waals surface area contributed by atoms with Crippen LogP contribution < -0.4 is 5.11 Å². The first-order valence-corrected chi connectivity index (χ1v) is 7.38. The average molecular weight is 277 g/mol. The highest BCUT2D eigenvalue weighted by Crippen LogP contribution is 2.65. The maximum Gasteiger partial charge on any atom is 0.333 e. The summed E-state index contributed by atoms with van der Waals surface area (Å²) >= 11 is 0. The van der Waals surface area contributed by atoms with Crippen molar-refractivity contribution in [3.05, 3.63) is 12.2 Å². The molecule has 0 saturated heterocycles. The van der Waals surface area contributed by atoms with Crippen molar-refractivity contribution in [3.63, 3.8) is 0 Å². The van der Waals surface area contributed by atoms with Crippen molar-refractivity contribution in [2.24, 2.45) is 22.7 Å². The summed E-state index contributed by atoms with van der Waals surface area (Å²) in [6, 6.07) is 0. The van der Waals surface area contributed by atoms with Crippen LogP contribution in [0.15, 0.2) is 12.2 Å². The fourth-order valence-corrected chi connectivity index (χ4v) is 5.20. The molecule has 0 aromatic rings. The molecule has 20 heavy (non-hydrogen) atoms. The van der Waals surface area contributed by atoms with E-state index in [0.29, 0.717) is 30.4 Å². The Morgan fingerprint density at radius 1 is 1.25 bits per heavy atom. The lowest BCUT2D eigenvalue weighted by Gasteiger charge is -2.62. The van der Waals surface area contributed by atoms with E-state index in [4.69, 9.17) is 4.74 Å². The molecule has 0 radical (unpaired) electrons. The molecule has 4 aliphatic rings. The van der Waals surface area contributed by atoms with Gasteiger partial charge in [-0.1, -0.05) is 6.58 Å². The minimum absolute atomic E-state index is 0.144. The van der Waals surface area contributed by atoms with Crippen LogP contribution in [-0.4, -0.2) is 18.5 Å². The van der Waals surface area contributed by atoms with Gasteiger partial charge < -0.3 is 14.6 Å². The summed E-state index contributed by atoms with van der Waals surface area (Å²) in [7, 11) is 0. The second-order valence-corrected chi connectivity index (χ2v) is 7.39. The number of aliphatic carboxylic acids is 1. The minimum atomic E-state index is -0.901. The summed E-state index contributed by atoms with van der Waals surface area (Å²) in [5.41, 5.74) is -0.418. The number of carboxylic acid groups (broad SMARTS) is 1. The minimum Gasteiger partial charge on any atom is -0.550 e. The molecule has 4 fully saturated rings. The van der Waals surface area contributed by atoms with Crippen LogP contribution in [0.4, 0.5) is 0 Å². The Morgan fingerprint density at radius 2 is 1.85 bits per heavy atom. The summed E-state index contributed by atoms with van der Waals surface area (Å²) in [5, 5.41) is 11.6. The van der Waals surface area contributed by atoms with E-state index in [-0.39, 0.29) is 11.4 Å². The monoisotopic (exact) mass is 277 g/mol. The van der Waals surface area contributed by atoms with Crippen LogP contribution in [0.25, 0.3) is 0 Å². The molecule has 0 aromatic carbocycles. The van der Waals surface area contributed by atoms with Gasteiger partial charge in [0.2, 0.25) is 0 Å². The molecule has 2 atom stereocenters. The molecule has 4 rings (SSSR count). The zero-order valence-electron chi connectivity index (χ0n) is 11.9. The normalized spacial score (nSPS) is 41.5. The third-order valence-corrected chi connectivity index (χ3v) is 5.47. The van der Waals surface area contributed by atoms with Crippen LogP contribution in [0, 0.1) is 22.7 Å². The quantitative estimate of drug-likeness (QED) is 0.576. The lowest BCUT2D eigenvalue weighted by atomic mass is 9.44. The van der Waals surface area contributed by atoms with E-state index >= 15 is 0 Å². The number of rotatable bonds is 4. The van der Waals surface area contributed by atoms with Crippen molar-refractivity contribution in [3.8, 4) is 0 Å². The third-order valence-electron chi connectivity index (χ3n) is 5.47. The number of carbonyl (C=O) groups is 2. The van der Waals surface area contributed by atoms with Gasteiger partial charge >= 0.3 is 5.97 Å². The lowest BCUT2D eigenvalue weighted by Crippen LogP contribution is -2.59. The molecular formula is C16H21O4-. The maximum absolute atomic E-state index is 11.6. The number of hydrogen-bond donors (Lipinski definition) is 0. The summed E-state index contributed by atoms with van der Waals surface area (Å²) in [4.78, 5) is 23.2. The van der Waals surface area contributed by atoms with E-state index in [2.05, 4.69) is 6.58 Å². The second-order valence-electron chi connectivity index (χ2n) is 7.39. The van der Waals surface area contributed by atoms with E-state index in [0.717, 1.165) is 32.1 Å². The molecule has 4 aliphatic carbocycles. The predicted octanol–water partition coefficient (Wildman–Crippen LogP) is 1.44. The van der Waals surface area contributed by atoms with Gasteiger partial charge in [0.1, 0.15) is 0 Å². The first-order valence-electron chi connectivity index (χ1n) is 7.38. The fraction of sp³-hybridized carbons (Fsp3) is 0.750. The highest BCUT2D eigenvalue weighted by molar-refractivity contribution is 5.86. The SMILES string of the molecule is C=C(C)C(=O)OCC12CC3CC(C1)CC(C(=O)[O-])(C3)C2. The predicted molar refractivity (Wildman–Crippen MR) is 70.3 cm³/mol. The van der Waals surface area contributed by atoms with Crippen molar-refractivity contribution < 1.29 is 19.4 Å². The van der Waals surface area contributed by atoms with E-state index < -0.39 is 11.4 Å². The average Bonchev–Trinajstić information content (AvgIpc) is 2.34. The van der Waals surface area contributed by atoms with Gasteiger partial charge in [-0.05, 0) is 57.3 Å². The Morgan fingerprint density at radius 3 is 2.35 bits per heavy atom. The van der Waals surface area contributed by atoms with Gasteiger partial charge in [-0.2, -0.15) is 0 Å². The number of esters is 1. The lowest BCUT2D eigenvalue weighted by molar-refractivity contribution is -0.330. The number of carbonyl (C=O) groups excluding carboxylic acids is 2. The smallest absolute Gasteiger partial charge is 0.333 e. The molecule has 0 amide bonds. The van der Waals surface area contributed by atoms with E-state index in [1.807, 2.05) is 0 Å². The number of ether oxygens (including phenoxy) is 1. The molecule has 4 bridgehead atoms. The van der Waals surface area contributed by atoms with Crippen molar-refractivity contribution >= 4 is 11.9 Å². The van der Waals surface area contributed by atoms with E-state index in [1.54, 1.807) is 6.92 Å². The van der Waals surface area contributed by atoms with Crippen LogP contribution in [0.1, 0.15) is 45.4 Å². The van der Waals surface area contributed by atoms with E-state index in [9.17, 15) is 14.7 Å². The van der Waals surface area contributed by atoms with Crippen molar-refractivity contribution in [1.29, 1.82) is 0 Å². The zero-order chi connectivity index (χ0) is 14.5. The van der Waals surface area contributed by atoms with E-state index in [1.165, 1.54) is 0 Å². The van der Waals surface area contributed by atoms with Gasteiger partial charge in [0.15, 0.2) is 0 Å². The van der Waals surface area contributed by atoms with Crippen molar-refractivity contribution in [2.75, 3.05) is 6.61 Å². The molecule has 0 aliphatic heterocycles. The Bertz CT molecular complexity index is 465. The standard InChI is InChI=1S/C16H22O4/c1-10(2)13(17)20-9-15-4-11-3-12(5-15)7-16(6-11,8-15)14(18)19/h11-12H,1,3-9H2,2H3,(H,18,19)/p-1. The Labute approximate surface area is 119 Å². The molecule has 0 spiro atoms. The van der Waals surface area contributed by atoms with Crippen LogP contribution in [0.2, 0.25) is 0 Å². The number of carboxylic acids is 1. The van der Waals surface area contributed by atoms with Crippen molar-refractivity contribution in [2.45, 2.75) is 45.4 Å². The summed E-state index contributed by atoms with van der Waals surface area (Å²) in [5.74, 6) is -0.360. The number of hydrogen-bond acceptors (Lipinski definition) is 4. The van der Waals surface area contributed by atoms with Crippen molar-refractivity contribution in [1.82, 2.24) is 0 Å². The molecule has 0 heterocycles. The topological polar surface area (TPSA) is 66.4 Å². The largest absolute Gasteiger partial charge is 0.550 e. The van der Waals surface area contributed by atoms with Gasteiger partial charge in [0.05, 0.1) is 6.61 Å². The summed E-state index contributed by atoms with van der Waals surface area (Å²) < 4.78 is 5.36. The first-order chi connectivity index (χ1) is 9.34. The maximum atomic E-state index is 11.6. The molecule has 0 aromatic heterocycles. The van der Waals surface area contributed by atoms with Gasteiger partial charge in [-0.15, -0.1) is 0 Å². The van der Waals surface area contributed by atoms with Gasteiger partial charge in [0, 0.05) is 22.4 Å². The summed E-state index contributed by atoms with van der Waals surface area (Å²) in [6.45, 7) is 5.55. The molecule has 0 N–H and O–H groups in total. The zero-order valence-corrected chi connectivity index (χ0v) is 11.9. The molecule has 4 saturated carbocycles. The molecule has 4 nitrogen and oxygen atoms in total. The highest BCUT2D eigenvalue weighted by atomic mass is 16.5. The highest BCUT2D eigenvalue weighted by Gasteiger charge is 2.58. The van der Waals surface area contributed by atoms with Gasteiger partial charge in [-0.25, -0.2) is 4.79 Å². The van der Waals surface area contributed by atoms with Gasteiger partial charge in [0.25, 0.3) is 0 Å². The third kappa shape index (κ3) is 2.05. The van der Waals surface area contributed by atoms with Gasteiger partial charge in [-0.3, -0.25) is 0 Å². The first kappa shape index (κ1) is 13.7. The Kier molecular flexibility index (Phi) is 2.96. The summed E-state index contributed by atoms with van der Waals surface area (Å²) in [6.07, 6.45) is 5.22. The van der Waals surface area contributed by atoms with Crippen LogP contribution in [0.5, 0.6) is 0 Å². The molecular weight excluding hydrogens is 256 g/mol. The fourth-order valence-electron chi connectivity index (χ4n) is 5.20. The Balaban J connectivity index is 1.78. The molecule has 110 valence electrons. The van der Waals surface area contributed by atoms with Crippen LogP contribution in [-0.2, 0) is 14.3 Å². The molecule has 2 unspecified atom stereocenters. The van der Waals surface area contributed by atoms with Crippen LogP contribution >= 0.6 is 0 Å². The Hall–Kier alpha value is -1.32. The molecule has 4 heteroatoms. The second kappa shape index (κ2) is 4.34.